The molecule has 1 aliphatic rings. The van der Waals surface area contributed by atoms with Gasteiger partial charge >= 0.3 is 0 Å². The van der Waals surface area contributed by atoms with E-state index in [2.05, 4.69) is 28.8 Å². The number of hydrogen-bond donors (Lipinski definition) is 0. The summed E-state index contributed by atoms with van der Waals surface area (Å²) < 4.78 is 30.5. The van der Waals surface area contributed by atoms with Crippen LogP contribution in [-0.4, -0.2) is 20.0 Å². The van der Waals surface area contributed by atoms with Crippen LogP contribution in [-0.2, 0) is 18.9 Å². The van der Waals surface area contributed by atoms with Crippen molar-refractivity contribution < 1.29 is 8.78 Å². The number of aromatic nitrogens is 4. The van der Waals surface area contributed by atoms with Gasteiger partial charge in [0.2, 0.25) is 0 Å². The van der Waals surface area contributed by atoms with Crippen molar-refractivity contribution in [3.8, 4) is 11.3 Å². The van der Waals surface area contributed by atoms with Gasteiger partial charge in [-0.25, -0.2) is 8.78 Å². The van der Waals surface area contributed by atoms with Crippen LogP contribution in [0.25, 0.3) is 11.3 Å². The van der Waals surface area contributed by atoms with E-state index in [1.165, 1.54) is 18.2 Å². The lowest BCUT2D eigenvalue weighted by Gasteiger charge is -2.40. The second-order valence-electron chi connectivity index (χ2n) is 7.78. The Morgan fingerprint density at radius 3 is 2.62 bits per heavy atom. The highest BCUT2D eigenvalue weighted by Crippen LogP contribution is 2.47. The quantitative estimate of drug-likeness (QED) is 0.573. The summed E-state index contributed by atoms with van der Waals surface area (Å²) in [5.74, 6) is -1.05. The minimum atomic E-state index is -0.637. The normalized spacial score (nSPS) is 21.0. The Morgan fingerprint density at radius 2 is 2.00 bits per heavy atom. The number of fused-ring (bicyclic) bond motifs is 1. The van der Waals surface area contributed by atoms with E-state index in [1.54, 1.807) is 12.3 Å². The van der Waals surface area contributed by atoms with Crippen LogP contribution in [0.2, 0.25) is 0 Å². The van der Waals surface area contributed by atoms with Gasteiger partial charge in [0, 0.05) is 13.2 Å². The lowest BCUT2D eigenvalue weighted by Crippen LogP contribution is -2.39. The first kappa shape index (κ1) is 19.4. The number of nitrogens with zero attached hydrogens (tertiary/aromatic N) is 4. The molecular weight excluding hydrogens is 370 g/mol. The summed E-state index contributed by atoms with van der Waals surface area (Å²) in [6.45, 7) is 6.16. The van der Waals surface area contributed by atoms with Gasteiger partial charge in [0.25, 0.3) is 0 Å². The molecule has 6 heteroatoms. The molecule has 0 N–H and O–H groups in total. The second kappa shape index (κ2) is 7.50. The molecule has 4 rings (SSSR count). The van der Waals surface area contributed by atoms with Gasteiger partial charge in [0.1, 0.15) is 11.6 Å². The number of rotatable bonds is 5. The van der Waals surface area contributed by atoms with Crippen molar-refractivity contribution in [3.05, 3.63) is 77.8 Å². The van der Waals surface area contributed by atoms with Crippen molar-refractivity contribution >= 4 is 0 Å². The molecule has 1 aromatic carbocycles. The number of halogens is 2. The first-order chi connectivity index (χ1) is 14.0. The zero-order chi connectivity index (χ0) is 20.6. The topological polar surface area (TPSA) is 43.6 Å². The number of aryl methyl sites for hydroxylation is 1. The summed E-state index contributed by atoms with van der Waals surface area (Å²) in [6, 6.07) is 7.64. The molecule has 0 saturated carbocycles. The fourth-order valence-corrected chi connectivity index (χ4v) is 4.76. The third-order valence-electron chi connectivity index (χ3n) is 5.96. The highest BCUT2D eigenvalue weighted by Gasteiger charge is 2.44. The highest BCUT2D eigenvalue weighted by atomic mass is 19.1. The average molecular weight is 394 g/mol. The Hall–Kier alpha value is -2.89. The van der Waals surface area contributed by atoms with E-state index in [9.17, 15) is 8.78 Å². The van der Waals surface area contributed by atoms with Crippen molar-refractivity contribution in [2.24, 2.45) is 13.0 Å². The molecule has 0 radical (unpaired) electrons. The molecule has 0 bridgehead atoms. The zero-order valence-corrected chi connectivity index (χ0v) is 16.7. The number of allylic oxidation sites excluding steroid dienone is 1. The van der Waals surface area contributed by atoms with Gasteiger partial charge in [-0.05, 0) is 55.0 Å². The van der Waals surface area contributed by atoms with E-state index in [0.29, 0.717) is 0 Å². The fraction of sp³-hybridized carbons (Fsp3) is 0.348. The molecule has 0 fully saturated rings. The van der Waals surface area contributed by atoms with Gasteiger partial charge in [-0.3, -0.25) is 4.68 Å². The molecule has 1 aliphatic carbocycles. The largest absolute Gasteiger partial charge is 0.272 e. The van der Waals surface area contributed by atoms with Crippen LogP contribution in [0.5, 0.6) is 0 Å². The van der Waals surface area contributed by atoms with Crippen molar-refractivity contribution in [2.75, 3.05) is 0 Å². The van der Waals surface area contributed by atoms with Crippen LogP contribution in [0, 0.1) is 17.6 Å². The smallest absolute Gasteiger partial charge is 0.135 e. The van der Waals surface area contributed by atoms with Gasteiger partial charge < -0.3 is 0 Å². The third-order valence-corrected chi connectivity index (χ3v) is 5.96. The van der Waals surface area contributed by atoms with Crippen LogP contribution in [0.15, 0.2) is 49.2 Å². The van der Waals surface area contributed by atoms with Crippen LogP contribution in [0.4, 0.5) is 8.78 Å². The van der Waals surface area contributed by atoms with Gasteiger partial charge in [0.15, 0.2) is 0 Å². The molecule has 3 aromatic rings. The van der Waals surface area contributed by atoms with E-state index >= 15 is 0 Å². The maximum Gasteiger partial charge on any atom is 0.135 e. The Morgan fingerprint density at radius 1 is 1.24 bits per heavy atom. The first-order valence-electron chi connectivity index (χ1n) is 9.92. The molecule has 1 unspecified atom stereocenters. The molecule has 29 heavy (non-hydrogen) atoms. The van der Waals surface area contributed by atoms with E-state index < -0.39 is 11.6 Å². The molecular formula is C23H24F2N4. The summed E-state index contributed by atoms with van der Waals surface area (Å²) in [5.41, 5.74) is 2.65. The van der Waals surface area contributed by atoms with E-state index in [1.807, 2.05) is 23.9 Å². The predicted molar refractivity (Wildman–Crippen MR) is 108 cm³/mol. The summed E-state index contributed by atoms with van der Waals surface area (Å²) >= 11 is 0. The Bertz CT molecular complexity index is 1040. The molecule has 0 spiro atoms. The summed E-state index contributed by atoms with van der Waals surface area (Å²) in [6.07, 6.45) is 7.18. The van der Waals surface area contributed by atoms with E-state index in [4.69, 9.17) is 0 Å². The lowest BCUT2D eigenvalue weighted by atomic mass is 9.64. The Labute approximate surface area is 169 Å². The first-order valence-corrected chi connectivity index (χ1v) is 9.92. The molecule has 2 atom stereocenters. The molecule has 2 aromatic heterocycles. The van der Waals surface area contributed by atoms with Gasteiger partial charge in [-0.15, -0.1) is 11.7 Å². The number of hydrogen-bond acceptors (Lipinski definition) is 3. The zero-order valence-electron chi connectivity index (χ0n) is 16.7. The molecule has 0 saturated heterocycles. The van der Waals surface area contributed by atoms with Crippen LogP contribution < -0.4 is 0 Å². The van der Waals surface area contributed by atoms with E-state index in [-0.39, 0.29) is 22.6 Å². The van der Waals surface area contributed by atoms with Gasteiger partial charge in [0.05, 0.1) is 28.1 Å². The van der Waals surface area contributed by atoms with Crippen LogP contribution in [0.3, 0.4) is 0 Å². The third kappa shape index (κ3) is 3.16. The maximum atomic E-state index is 14.3. The van der Waals surface area contributed by atoms with Crippen molar-refractivity contribution in [3.63, 3.8) is 0 Å². The maximum absolute atomic E-state index is 14.3. The Kier molecular flexibility index (Phi) is 5.03. The summed E-state index contributed by atoms with van der Waals surface area (Å²) in [7, 11) is 1.93. The molecule has 0 amide bonds. The molecule has 4 nitrogen and oxygen atoms in total. The van der Waals surface area contributed by atoms with Crippen LogP contribution in [0.1, 0.15) is 43.1 Å². The average Bonchev–Trinajstić information content (AvgIpc) is 3.14. The summed E-state index contributed by atoms with van der Waals surface area (Å²) in [5, 5.41) is 13.2. The monoisotopic (exact) mass is 394 g/mol. The molecule has 150 valence electrons. The number of benzene rings is 1. The molecule has 0 aliphatic heterocycles. The van der Waals surface area contributed by atoms with Crippen molar-refractivity contribution in [2.45, 2.75) is 38.0 Å². The Balaban J connectivity index is 1.93. The predicted octanol–water partition coefficient (Wildman–Crippen LogP) is 4.99. The van der Waals surface area contributed by atoms with E-state index in [0.717, 1.165) is 42.6 Å². The lowest BCUT2D eigenvalue weighted by molar-refractivity contribution is 0.318. The van der Waals surface area contributed by atoms with Crippen molar-refractivity contribution in [1.82, 2.24) is 20.0 Å². The van der Waals surface area contributed by atoms with Crippen LogP contribution >= 0.6 is 0 Å². The minimum Gasteiger partial charge on any atom is -0.272 e. The van der Waals surface area contributed by atoms with Gasteiger partial charge in [-0.2, -0.15) is 10.2 Å². The highest BCUT2D eigenvalue weighted by molar-refractivity contribution is 5.62. The second-order valence-corrected chi connectivity index (χ2v) is 7.78. The molecule has 2 heterocycles. The fourth-order valence-electron chi connectivity index (χ4n) is 4.76. The van der Waals surface area contributed by atoms with Crippen molar-refractivity contribution in [1.29, 1.82) is 0 Å². The summed E-state index contributed by atoms with van der Waals surface area (Å²) in [4.78, 5) is 0. The van der Waals surface area contributed by atoms with Gasteiger partial charge in [-0.1, -0.05) is 25.5 Å². The SMILES string of the molecule is C=CC1Cc2cc(-c3c(F)cccc3F)nnc2[C@@](CCC)(c2ccnn2C)C1. The minimum absolute atomic E-state index is 0.134. The standard InChI is InChI=1S/C23H24F2N4/c1-4-10-23(20-9-11-26-29(20)3)14-15(5-2)12-16-13-19(27-28-22(16)23)21-17(24)7-6-8-18(21)25/h5-9,11,13,15H,2,4,10,12,14H2,1,3H3/t15?,23-/m1/s1.